The summed E-state index contributed by atoms with van der Waals surface area (Å²) in [6.45, 7) is 1.85. The highest BCUT2D eigenvalue weighted by Gasteiger charge is 2.06. The molecule has 0 atom stereocenters. The number of ether oxygens (including phenoxy) is 2. The van der Waals surface area contributed by atoms with Crippen molar-refractivity contribution in [2.45, 2.75) is 26.1 Å². The summed E-state index contributed by atoms with van der Waals surface area (Å²) in [5.41, 5.74) is 0.895. The lowest BCUT2D eigenvalue weighted by Crippen LogP contribution is -2.14. The maximum absolute atomic E-state index is 10.2. The quantitative estimate of drug-likeness (QED) is 0.506. The Morgan fingerprint density at radius 2 is 2.00 bits per heavy atom. The van der Waals surface area contributed by atoms with Gasteiger partial charge < -0.3 is 14.6 Å². The molecule has 0 aromatic carbocycles. The molecule has 0 rings (SSSR count). The van der Waals surface area contributed by atoms with Crippen molar-refractivity contribution in [2.24, 2.45) is 0 Å². The van der Waals surface area contributed by atoms with E-state index in [1.165, 1.54) is 0 Å². The number of carboxylic acid groups (broad SMARTS) is 1. The van der Waals surface area contributed by atoms with Gasteiger partial charge in [0.25, 0.3) is 0 Å². The molecule has 0 spiro atoms. The summed E-state index contributed by atoms with van der Waals surface area (Å²) in [6.07, 6.45) is 2.09. The van der Waals surface area contributed by atoms with Gasteiger partial charge in [-0.25, -0.2) is 0 Å². The first-order valence-corrected chi connectivity index (χ1v) is 4.05. The second kappa shape index (κ2) is 6.62. The molecule has 0 fully saturated rings. The predicted molar refractivity (Wildman–Crippen MR) is 48.4 cm³/mol. The summed E-state index contributed by atoms with van der Waals surface area (Å²) in [5.74, 6) is -0.796. The zero-order chi connectivity index (χ0) is 10.3. The van der Waals surface area contributed by atoms with Crippen molar-refractivity contribution < 1.29 is 19.4 Å². The minimum Gasteiger partial charge on any atom is -0.481 e. The number of carboxylic acids is 1. The molecule has 1 N–H and O–H groups in total. The molecule has 0 aromatic rings. The van der Waals surface area contributed by atoms with E-state index in [0.29, 0.717) is 6.42 Å². The second-order valence-electron chi connectivity index (χ2n) is 2.68. The molecule has 0 aromatic heterocycles. The Kier molecular flexibility index (Phi) is 6.18. The van der Waals surface area contributed by atoms with Gasteiger partial charge in [-0.15, -0.1) is 0 Å². The number of methoxy groups -OCH3 is 2. The highest BCUT2D eigenvalue weighted by atomic mass is 16.7. The Morgan fingerprint density at radius 3 is 2.38 bits per heavy atom. The van der Waals surface area contributed by atoms with Crippen LogP contribution in [0.25, 0.3) is 0 Å². The van der Waals surface area contributed by atoms with Gasteiger partial charge >= 0.3 is 5.97 Å². The third kappa shape index (κ3) is 5.38. The number of allylic oxidation sites excluding steroid dienone is 1. The number of hydrogen-bond donors (Lipinski definition) is 1. The summed E-state index contributed by atoms with van der Waals surface area (Å²) in [7, 11) is 3.09. The van der Waals surface area contributed by atoms with Crippen LogP contribution in [0.3, 0.4) is 0 Å². The van der Waals surface area contributed by atoms with Gasteiger partial charge in [-0.1, -0.05) is 6.08 Å². The summed E-state index contributed by atoms with van der Waals surface area (Å²) >= 11 is 0. The minimum absolute atomic E-state index is 0.136. The Labute approximate surface area is 78.2 Å². The molecule has 13 heavy (non-hydrogen) atoms. The van der Waals surface area contributed by atoms with Crippen LogP contribution in [-0.2, 0) is 14.3 Å². The highest BCUT2D eigenvalue weighted by Crippen LogP contribution is 2.07. The Morgan fingerprint density at radius 1 is 1.46 bits per heavy atom. The van der Waals surface area contributed by atoms with Crippen LogP contribution in [0.2, 0.25) is 0 Å². The van der Waals surface area contributed by atoms with Crippen molar-refractivity contribution in [1.82, 2.24) is 0 Å². The molecule has 0 aliphatic rings. The van der Waals surface area contributed by atoms with Crippen molar-refractivity contribution in [3.05, 3.63) is 11.6 Å². The average molecular weight is 188 g/mol. The van der Waals surface area contributed by atoms with Crippen LogP contribution < -0.4 is 0 Å². The number of hydrogen-bond acceptors (Lipinski definition) is 3. The van der Waals surface area contributed by atoms with Crippen molar-refractivity contribution in [1.29, 1.82) is 0 Å². The van der Waals surface area contributed by atoms with Crippen LogP contribution in [0.15, 0.2) is 11.6 Å². The highest BCUT2D eigenvalue weighted by molar-refractivity contribution is 5.66. The molecule has 0 saturated carbocycles. The summed E-state index contributed by atoms with van der Waals surface area (Å²) in [6, 6.07) is 0. The number of rotatable bonds is 6. The third-order valence-corrected chi connectivity index (χ3v) is 1.62. The summed E-state index contributed by atoms with van der Waals surface area (Å²) in [4.78, 5) is 10.2. The molecule has 4 nitrogen and oxygen atoms in total. The molecule has 0 unspecified atom stereocenters. The third-order valence-electron chi connectivity index (χ3n) is 1.62. The molecule has 4 heteroatoms. The molecule has 76 valence electrons. The van der Waals surface area contributed by atoms with E-state index < -0.39 is 5.97 Å². The van der Waals surface area contributed by atoms with Crippen LogP contribution in [0, 0.1) is 0 Å². The van der Waals surface area contributed by atoms with Gasteiger partial charge in [0.05, 0.1) is 0 Å². The van der Waals surface area contributed by atoms with Gasteiger partial charge in [0, 0.05) is 20.6 Å². The van der Waals surface area contributed by atoms with Crippen LogP contribution in [0.4, 0.5) is 0 Å². The van der Waals surface area contributed by atoms with Crippen molar-refractivity contribution >= 4 is 5.97 Å². The SMILES string of the molecule is COC(OC)C(C)=CCCC(=O)O. The molecule has 0 amide bonds. The fourth-order valence-electron chi connectivity index (χ4n) is 0.988. The molecule has 0 aliphatic heterocycles. The van der Waals surface area contributed by atoms with E-state index in [0.717, 1.165) is 5.57 Å². The van der Waals surface area contributed by atoms with E-state index in [9.17, 15) is 4.79 Å². The molecule has 0 radical (unpaired) electrons. The molecule has 0 aliphatic carbocycles. The summed E-state index contributed by atoms with van der Waals surface area (Å²) < 4.78 is 9.96. The lowest BCUT2D eigenvalue weighted by Gasteiger charge is -2.13. The van der Waals surface area contributed by atoms with Crippen LogP contribution in [0.1, 0.15) is 19.8 Å². The van der Waals surface area contributed by atoms with Crippen LogP contribution in [0.5, 0.6) is 0 Å². The first kappa shape index (κ1) is 12.1. The van der Waals surface area contributed by atoms with Gasteiger partial charge in [-0.05, 0) is 18.9 Å². The maximum Gasteiger partial charge on any atom is 0.303 e. The standard InChI is InChI=1S/C9H16O4/c1-7(9(12-2)13-3)5-4-6-8(10)11/h5,9H,4,6H2,1-3H3,(H,10,11). The van der Waals surface area contributed by atoms with Gasteiger partial charge in [0.2, 0.25) is 0 Å². The fourth-order valence-corrected chi connectivity index (χ4v) is 0.988. The van der Waals surface area contributed by atoms with Gasteiger partial charge in [0.1, 0.15) is 0 Å². The first-order valence-electron chi connectivity index (χ1n) is 4.05. The number of aliphatic carboxylic acids is 1. The average Bonchev–Trinajstić information content (AvgIpc) is 2.05. The van der Waals surface area contributed by atoms with Crippen molar-refractivity contribution in [3.63, 3.8) is 0 Å². The van der Waals surface area contributed by atoms with Crippen LogP contribution in [-0.4, -0.2) is 31.6 Å². The zero-order valence-corrected chi connectivity index (χ0v) is 8.24. The fraction of sp³-hybridized carbons (Fsp3) is 0.667. The lowest BCUT2D eigenvalue weighted by molar-refractivity contribution is -0.136. The van der Waals surface area contributed by atoms with Crippen LogP contribution >= 0.6 is 0 Å². The van der Waals surface area contributed by atoms with E-state index in [4.69, 9.17) is 14.6 Å². The minimum atomic E-state index is -0.796. The molecule has 0 heterocycles. The van der Waals surface area contributed by atoms with Crippen molar-refractivity contribution in [2.75, 3.05) is 14.2 Å². The molecular weight excluding hydrogens is 172 g/mol. The van der Waals surface area contributed by atoms with E-state index in [-0.39, 0.29) is 12.7 Å². The molecule has 0 saturated heterocycles. The van der Waals surface area contributed by atoms with Crippen molar-refractivity contribution in [3.8, 4) is 0 Å². The largest absolute Gasteiger partial charge is 0.481 e. The molecule has 0 bridgehead atoms. The van der Waals surface area contributed by atoms with Gasteiger partial charge in [-0.3, -0.25) is 4.79 Å². The van der Waals surface area contributed by atoms with E-state index >= 15 is 0 Å². The molecular formula is C9H16O4. The number of carbonyl (C=O) groups is 1. The second-order valence-corrected chi connectivity index (χ2v) is 2.68. The zero-order valence-electron chi connectivity index (χ0n) is 8.24. The first-order chi connectivity index (χ1) is 6.11. The van der Waals surface area contributed by atoms with E-state index in [1.54, 1.807) is 14.2 Å². The lowest BCUT2D eigenvalue weighted by atomic mass is 10.2. The van der Waals surface area contributed by atoms with E-state index in [1.807, 2.05) is 13.0 Å². The monoisotopic (exact) mass is 188 g/mol. The van der Waals surface area contributed by atoms with E-state index in [2.05, 4.69) is 0 Å². The maximum atomic E-state index is 10.2. The van der Waals surface area contributed by atoms with Gasteiger partial charge in [-0.2, -0.15) is 0 Å². The summed E-state index contributed by atoms with van der Waals surface area (Å²) in [5, 5.41) is 8.39. The Balaban J connectivity index is 3.91. The smallest absolute Gasteiger partial charge is 0.303 e. The topological polar surface area (TPSA) is 55.8 Å². The Bertz CT molecular complexity index is 182. The Hall–Kier alpha value is -0.870. The normalized spacial score (nSPS) is 12.2. The van der Waals surface area contributed by atoms with Gasteiger partial charge in [0.15, 0.2) is 6.29 Å². The predicted octanol–water partition coefficient (Wildman–Crippen LogP) is 1.42.